The maximum atomic E-state index is 12.7. The summed E-state index contributed by atoms with van der Waals surface area (Å²) in [5, 5.41) is 9.43. The maximum Gasteiger partial charge on any atom is 0.308 e. The van der Waals surface area contributed by atoms with Crippen LogP contribution in [-0.2, 0) is 9.59 Å². The number of hydrogen-bond donors (Lipinski definition) is 1. The average Bonchev–Trinajstić information content (AvgIpc) is 3.19. The molecular formula is C18H29NO3. The van der Waals surface area contributed by atoms with Crippen molar-refractivity contribution in [2.75, 3.05) is 13.1 Å². The van der Waals surface area contributed by atoms with Gasteiger partial charge >= 0.3 is 5.97 Å². The van der Waals surface area contributed by atoms with Gasteiger partial charge in [-0.2, -0.15) is 0 Å². The van der Waals surface area contributed by atoms with Crippen LogP contribution in [0.4, 0.5) is 0 Å². The molecule has 0 spiro atoms. The van der Waals surface area contributed by atoms with Crippen LogP contribution in [0.2, 0.25) is 0 Å². The molecule has 3 aliphatic rings. The van der Waals surface area contributed by atoms with Crippen LogP contribution in [0.1, 0.15) is 58.8 Å². The van der Waals surface area contributed by atoms with E-state index in [1.165, 1.54) is 19.3 Å². The molecule has 1 saturated heterocycles. The Hall–Kier alpha value is -1.06. The van der Waals surface area contributed by atoms with Crippen LogP contribution < -0.4 is 0 Å². The second-order valence-electron chi connectivity index (χ2n) is 8.38. The molecule has 2 aliphatic carbocycles. The van der Waals surface area contributed by atoms with Crippen LogP contribution in [0.5, 0.6) is 0 Å². The molecule has 0 aromatic heterocycles. The lowest BCUT2D eigenvalue weighted by Crippen LogP contribution is -2.36. The molecule has 124 valence electrons. The summed E-state index contributed by atoms with van der Waals surface area (Å²) in [5.41, 5.74) is 0.246. The molecule has 3 atom stereocenters. The third-order valence-corrected chi connectivity index (χ3v) is 6.41. The van der Waals surface area contributed by atoms with Gasteiger partial charge in [0, 0.05) is 19.5 Å². The Morgan fingerprint density at radius 3 is 2.45 bits per heavy atom. The van der Waals surface area contributed by atoms with Crippen LogP contribution >= 0.6 is 0 Å². The highest BCUT2D eigenvalue weighted by atomic mass is 16.4. The third kappa shape index (κ3) is 3.16. The van der Waals surface area contributed by atoms with Crippen molar-refractivity contribution in [2.45, 2.75) is 58.8 Å². The van der Waals surface area contributed by atoms with Gasteiger partial charge in [0.2, 0.25) is 5.91 Å². The number of carbonyl (C=O) groups excluding carboxylic acids is 1. The van der Waals surface area contributed by atoms with Crippen molar-refractivity contribution < 1.29 is 14.7 Å². The highest BCUT2D eigenvalue weighted by Gasteiger charge is 2.47. The van der Waals surface area contributed by atoms with Crippen LogP contribution in [-0.4, -0.2) is 35.0 Å². The maximum absolute atomic E-state index is 12.7. The highest BCUT2D eigenvalue weighted by molar-refractivity contribution is 5.79. The molecule has 1 aliphatic heterocycles. The fourth-order valence-electron chi connectivity index (χ4n) is 4.58. The minimum atomic E-state index is -0.717. The molecule has 4 heteroatoms. The zero-order valence-electron chi connectivity index (χ0n) is 13.9. The molecule has 0 bridgehead atoms. The zero-order chi connectivity index (χ0) is 15.9. The normalized spacial score (nSPS) is 34.6. The van der Waals surface area contributed by atoms with Crippen molar-refractivity contribution in [1.82, 2.24) is 4.90 Å². The van der Waals surface area contributed by atoms with Gasteiger partial charge in [-0.25, -0.2) is 0 Å². The van der Waals surface area contributed by atoms with Gasteiger partial charge in [-0.05, 0) is 48.9 Å². The van der Waals surface area contributed by atoms with E-state index in [9.17, 15) is 14.7 Å². The van der Waals surface area contributed by atoms with Gasteiger partial charge < -0.3 is 10.0 Å². The highest BCUT2D eigenvalue weighted by Crippen LogP contribution is 2.45. The molecule has 3 rings (SSSR count). The first-order chi connectivity index (χ1) is 10.4. The minimum absolute atomic E-state index is 0.189. The van der Waals surface area contributed by atoms with Crippen molar-refractivity contribution in [3.63, 3.8) is 0 Å². The predicted molar refractivity (Wildman–Crippen MR) is 84.3 cm³/mol. The Bertz CT molecular complexity index is 455. The van der Waals surface area contributed by atoms with Gasteiger partial charge in [0.1, 0.15) is 0 Å². The molecule has 2 saturated carbocycles. The number of hydrogen-bond acceptors (Lipinski definition) is 2. The summed E-state index contributed by atoms with van der Waals surface area (Å²) in [6.07, 6.45) is 7.74. The Labute approximate surface area is 133 Å². The molecule has 1 amide bonds. The number of carbonyl (C=O) groups is 2. The van der Waals surface area contributed by atoms with Crippen LogP contribution in [0.3, 0.4) is 0 Å². The van der Waals surface area contributed by atoms with E-state index in [-0.39, 0.29) is 23.2 Å². The number of carboxylic acid groups (broad SMARTS) is 1. The van der Waals surface area contributed by atoms with Gasteiger partial charge in [0.05, 0.1) is 5.92 Å². The van der Waals surface area contributed by atoms with Crippen molar-refractivity contribution in [3.05, 3.63) is 0 Å². The van der Waals surface area contributed by atoms with Crippen LogP contribution in [0.25, 0.3) is 0 Å². The van der Waals surface area contributed by atoms with Gasteiger partial charge in [-0.15, -0.1) is 0 Å². The van der Waals surface area contributed by atoms with E-state index < -0.39 is 5.97 Å². The van der Waals surface area contributed by atoms with Gasteiger partial charge in [-0.3, -0.25) is 9.59 Å². The summed E-state index contributed by atoms with van der Waals surface area (Å²) in [6.45, 7) is 5.67. The van der Waals surface area contributed by atoms with Gasteiger partial charge in [0.15, 0.2) is 0 Å². The Morgan fingerprint density at radius 2 is 1.86 bits per heavy atom. The first-order valence-electron chi connectivity index (χ1n) is 8.89. The number of aliphatic carboxylic acids is 1. The number of carboxylic acids is 1. The number of rotatable bonds is 4. The lowest BCUT2D eigenvalue weighted by atomic mass is 9.67. The fraction of sp³-hybridized carbons (Fsp3) is 0.889. The first kappa shape index (κ1) is 15.8. The molecule has 0 aromatic rings. The summed E-state index contributed by atoms with van der Waals surface area (Å²) in [4.78, 5) is 26.0. The van der Waals surface area contributed by atoms with Crippen molar-refractivity contribution >= 4 is 11.9 Å². The Balaban J connectivity index is 1.61. The Morgan fingerprint density at radius 1 is 1.14 bits per heavy atom. The fourth-order valence-corrected chi connectivity index (χ4v) is 4.58. The summed E-state index contributed by atoms with van der Waals surface area (Å²) in [5.74, 6) is 0.332. The second-order valence-corrected chi connectivity index (χ2v) is 8.38. The van der Waals surface area contributed by atoms with E-state index in [1.54, 1.807) is 0 Å². The molecule has 1 N–H and O–H groups in total. The largest absolute Gasteiger partial charge is 0.481 e. The van der Waals surface area contributed by atoms with Crippen molar-refractivity contribution in [3.8, 4) is 0 Å². The molecule has 1 heterocycles. The lowest BCUT2D eigenvalue weighted by Gasteiger charge is -2.39. The van der Waals surface area contributed by atoms with Crippen molar-refractivity contribution in [1.29, 1.82) is 0 Å². The lowest BCUT2D eigenvalue weighted by molar-refractivity contribution is -0.142. The quantitative estimate of drug-likeness (QED) is 0.868. The molecular weight excluding hydrogens is 278 g/mol. The number of likely N-dealkylation sites (tertiary alicyclic amines) is 1. The van der Waals surface area contributed by atoms with Gasteiger partial charge in [-0.1, -0.05) is 26.7 Å². The molecule has 22 heavy (non-hydrogen) atoms. The average molecular weight is 307 g/mol. The monoisotopic (exact) mass is 307 g/mol. The van der Waals surface area contributed by atoms with E-state index in [0.717, 1.165) is 19.3 Å². The summed E-state index contributed by atoms with van der Waals surface area (Å²) in [6, 6.07) is 0. The summed E-state index contributed by atoms with van der Waals surface area (Å²) >= 11 is 0. The van der Waals surface area contributed by atoms with E-state index in [4.69, 9.17) is 0 Å². The van der Waals surface area contributed by atoms with Crippen LogP contribution in [0.15, 0.2) is 0 Å². The number of nitrogens with zero attached hydrogens (tertiary/aromatic N) is 1. The molecule has 0 aromatic carbocycles. The second kappa shape index (κ2) is 5.86. The predicted octanol–water partition coefficient (Wildman–Crippen LogP) is 3.16. The van der Waals surface area contributed by atoms with E-state index in [0.29, 0.717) is 31.3 Å². The van der Waals surface area contributed by atoms with Crippen LogP contribution in [0, 0.1) is 29.1 Å². The SMILES string of the molecule is CC1(C)CCCCC1CC(=O)N1C[C@H](C(=O)O)[C@@H](C2CC2)C1. The summed E-state index contributed by atoms with van der Waals surface area (Å²) < 4.78 is 0. The zero-order valence-corrected chi connectivity index (χ0v) is 13.9. The van der Waals surface area contributed by atoms with E-state index in [1.807, 2.05) is 4.90 Å². The standard InChI is InChI=1S/C18H29NO3/c1-18(2)8-4-3-5-13(18)9-16(20)19-10-14(12-6-7-12)15(11-19)17(21)22/h12-15H,3-11H2,1-2H3,(H,21,22)/t13?,14-,15+/m1/s1. The Kier molecular flexibility index (Phi) is 4.21. The smallest absolute Gasteiger partial charge is 0.308 e. The molecule has 1 unspecified atom stereocenters. The minimum Gasteiger partial charge on any atom is -0.481 e. The molecule has 3 fully saturated rings. The van der Waals surface area contributed by atoms with Crippen molar-refractivity contribution in [2.24, 2.45) is 29.1 Å². The topological polar surface area (TPSA) is 57.6 Å². The third-order valence-electron chi connectivity index (χ3n) is 6.41. The van der Waals surface area contributed by atoms with E-state index >= 15 is 0 Å². The molecule has 0 radical (unpaired) electrons. The summed E-state index contributed by atoms with van der Waals surface area (Å²) in [7, 11) is 0. The first-order valence-corrected chi connectivity index (χ1v) is 8.89. The van der Waals surface area contributed by atoms with Gasteiger partial charge in [0.25, 0.3) is 0 Å². The number of amides is 1. The molecule has 4 nitrogen and oxygen atoms in total. The van der Waals surface area contributed by atoms with E-state index in [2.05, 4.69) is 13.8 Å².